The topological polar surface area (TPSA) is 76.4 Å². The Balaban J connectivity index is 1.02. The molecular weight excluding hydrogens is 436 g/mol. The van der Waals surface area contributed by atoms with Crippen LogP contribution in [0.2, 0.25) is 0 Å². The molecule has 2 aromatic rings. The number of likely N-dealkylation sites (tertiary alicyclic amines) is 1. The van der Waals surface area contributed by atoms with Crippen molar-refractivity contribution in [3.63, 3.8) is 0 Å². The van der Waals surface area contributed by atoms with Gasteiger partial charge in [0.2, 0.25) is 5.91 Å². The molecular formula is C29H34N4O2. The lowest BCUT2D eigenvalue weighted by atomic mass is 9.81. The lowest BCUT2D eigenvalue weighted by Crippen LogP contribution is -2.46. The molecule has 35 heavy (non-hydrogen) atoms. The van der Waals surface area contributed by atoms with Crippen LogP contribution in [0.3, 0.4) is 0 Å². The average molecular weight is 471 g/mol. The Morgan fingerprint density at radius 2 is 1.69 bits per heavy atom. The number of carbonyl (C=O) groups is 2. The minimum absolute atomic E-state index is 0.106. The summed E-state index contributed by atoms with van der Waals surface area (Å²) in [5.41, 5.74) is 3.90. The van der Waals surface area contributed by atoms with E-state index in [0.717, 1.165) is 82.4 Å². The molecule has 2 fully saturated rings. The predicted octanol–water partition coefficient (Wildman–Crippen LogP) is 4.10. The van der Waals surface area contributed by atoms with E-state index in [1.165, 1.54) is 5.56 Å². The van der Waals surface area contributed by atoms with Gasteiger partial charge >= 0.3 is 0 Å². The number of rotatable bonds is 6. The maximum atomic E-state index is 12.9. The van der Waals surface area contributed by atoms with E-state index < -0.39 is 0 Å². The number of fused-ring (bicyclic) bond motifs is 1. The Morgan fingerprint density at radius 1 is 0.971 bits per heavy atom. The molecule has 0 atom stereocenters. The standard InChI is InChI=1S/C29H34N4O2/c30-17-21-5-7-22(8-6-21)18-32-15-13-26(14-16-32)31-28(34)24-11-9-23(10-12-24)19-33-20-25-3-1-2-4-27(25)29(33)35/h1-8,23-24,26H,9-16,18-20H2,(H,31,34). The van der Waals surface area contributed by atoms with E-state index in [1.54, 1.807) is 0 Å². The smallest absolute Gasteiger partial charge is 0.254 e. The molecule has 6 nitrogen and oxygen atoms in total. The highest BCUT2D eigenvalue weighted by atomic mass is 16.2. The Kier molecular flexibility index (Phi) is 7.15. The zero-order valence-corrected chi connectivity index (χ0v) is 20.3. The van der Waals surface area contributed by atoms with Gasteiger partial charge < -0.3 is 10.2 Å². The summed E-state index contributed by atoms with van der Waals surface area (Å²) in [5, 5.41) is 12.3. The predicted molar refractivity (Wildman–Crippen MR) is 134 cm³/mol. The number of nitrogens with zero attached hydrogens (tertiary/aromatic N) is 3. The van der Waals surface area contributed by atoms with Crippen molar-refractivity contribution < 1.29 is 9.59 Å². The number of amides is 2. The summed E-state index contributed by atoms with van der Waals surface area (Å²) in [5.74, 6) is 0.974. The number of carbonyl (C=O) groups excluding carboxylic acids is 2. The van der Waals surface area contributed by atoms with Crippen molar-refractivity contribution in [1.82, 2.24) is 15.1 Å². The highest BCUT2D eigenvalue weighted by Crippen LogP contribution is 2.32. The molecule has 0 unspecified atom stereocenters. The normalized spacial score (nSPS) is 23.1. The maximum absolute atomic E-state index is 12.9. The van der Waals surface area contributed by atoms with Gasteiger partial charge in [-0.15, -0.1) is 0 Å². The van der Waals surface area contributed by atoms with Gasteiger partial charge in [0.25, 0.3) is 5.91 Å². The van der Waals surface area contributed by atoms with Crippen LogP contribution in [0.25, 0.3) is 0 Å². The van der Waals surface area contributed by atoms with Crippen molar-refractivity contribution in [2.75, 3.05) is 19.6 Å². The summed E-state index contributed by atoms with van der Waals surface area (Å²) in [7, 11) is 0. The number of piperidine rings is 1. The second-order valence-electron chi connectivity index (χ2n) is 10.4. The summed E-state index contributed by atoms with van der Waals surface area (Å²) in [6.07, 6.45) is 5.83. The van der Waals surface area contributed by atoms with E-state index in [4.69, 9.17) is 5.26 Å². The Morgan fingerprint density at radius 3 is 2.37 bits per heavy atom. The molecule has 6 heteroatoms. The summed E-state index contributed by atoms with van der Waals surface area (Å²) in [6, 6.07) is 18.1. The number of hydrogen-bond acceptors (Lipinski definition) is 4. The lowest BCUT2D eigenvalue weighted by Gasteiger charge is -2.34. The zero-order chi connectivity index (χ0) is 24.2. The fourth-order valence-corrected chi connectivity index (χ4v) is 5.88. The van der Waals surface area contributed by atoms with E-state index in [0.29, 0.717) is 11.5 Å². The Bertz CT molecular complexity index is 1090. The largest absolute Gasteiger partial charge is 0.353 e. The Labute approximate surface area is 207 Å². The molecule has 5 rings (SSSR count). The van der Waals surface area contributed by atoms with E-state index in [1.807, 2.05) is 53.4 Å². The Hall–Kier alpha value is -3.17. The quantitative estimate of drug-likeness (QED) is 0.690. The molecule has 1 N–H and O–H groups in total. The summed E-state index contributed by atoms with van der Waals surface area (Å²) < 4.78 is 0. The third kappa shape index (κ3) is 5.57. The van der Waals surface area contributed by atoms with Crippen LogP contribution in [0.15, 0.2) is 48.5 Å². The van der Waals surface area contributed by atoms with Gasteiger partial charge in [-0.1, -0.05) is 30.3 Å². The van der Waals surface area contributed by atoms with Crippen LogP contribution in [-0.2, 0) is 17.9 Å². The first-order valence-corrected chi connectivity index (χ1v) is 13.0. The van der Waals surface area contributed by atoms with Gasteiger partial charge in [-0.3, -0.25) is 14.5 Å². The highest BCUT2D eigenvalue weighted by Gasteiger charge is 2.32. The summed E-state index contributed by atoms with van der Waals surface area (Å²) in [4.78, 5) is 30.0. The molecule has 182 valence electrons. The molecule has 2 amide bonds. The average Bonchev–Trinajstić information content (AvgIpc) is 3.21. The van der Waals surface area contributed by atoms with Gasteiger partial charge in [-0.05, 0) is 73.8 Å². The van der Waals surface area contributed by atoms with Gasteiger partial charge in [-0.2, -0.15) is 5.26 Å². The van der Waals surface area contributed by atoms with Crippen molar-refractivity contribution in [3.05, 3.63) is 70.8 Å². The molecule has 0 radical (unpaired) electrons. The van der Waals surface area contributed by atoms with Gasteiger partial charge in [0, 0.05) is 50.2 Å². The number of nitriles is 1. The van der Waals surface area contributed by atoms with Gasteiger partial charge in [-0.25, -0.2) is 0 Å². The first-order chi connectivity index (χ1) is 17.1. The first-order valence-electron chi connectivity index (χ1n) is 13.0. The van der Waals surface area contributed by atoms with Crippen LogP contribution in [0, 0.1) is 23.2 Å². The SMILES string of the molecule is N#Cc1ccc(CN2CCC(NC(=O)C3CCC(CN4Cc5ccccc5C4=O)CC3)CC2)cc1. The molecule has 0 spiro atoms. The van der Waals surface area contributed by atoms with Gasteiger partial charge in [0.15, 0.2) is 0 Å². The van der Waals surface area contributed by atoms with Gasteiger partial charge in [0.05, 0.1) is 11.6 Å². The van der Waals surface area contributed by atoms with Crippen molar-refractivity contribution in [1.29, 1.82) is 5.26 Å². The van der Waals surface area contributed by atoms with Crippen LogP contribution >= 0.6 is 0 Å². The van der Waals surface area contributed by atoms with E-state index >= 15 is 0 Å². The third-order valence-electron chi connectivity index (χ3n) is 8.02. The van der Waals surface area contributed by atoms with Gasteiger partial charge in [0.1, 0.15) is 0 Å². The van der Waals surface area contributed by atoms with Crippen molar-refractivity contribution in [2.45, 2.75) is 57.7 Å². The molecule has 1 aliphatic carbocycles. The van der Waals surface area contributed by atoms with Crippen molar-refractivity contribution in [2.24, 2.45) is 11.8 Å². The monoisotopic (exact) mass is 470 g/mol. The maximum Gasteiger partial charge on any atom is 0.254 e. The number of hydrogen-bond donors (Lipinski definition) is 1. The van der Waals surface area contributed by atoms with Crippen LogP contribution in [0.1, 0.15) is 65.6 Å². The highest BCUT2D eigenvalue weighted by molar-refractivity contribution is 5.98. The molecule has 2 aromatic carbocycles. The summed E-state index contributed by atoms with van der Waals surface area (Å²) in [6.45, 7) is 4.37. The molecule has 2 heterocycles. The van der Waals surface area contributed by atoms with Crippen LogP contribution < -0.4 is 5.32 Å². The van der Waals surface area contributed by atoms with Crippen molar-refractivity contribution in [3.8, 4) is 6.07 Å². The molecule has 0 aromatic heterocycles. The zero-order valence-electron chi connectivity index (χ0n) is 20.3. The second kappa shape index (κ2) is 10.6. The molecule has 0 bridgehead atoms. The van der Waals surface area contributed by atoms with E-state index in [2.05, 4.69) is 16.3 Å². The minimum atomic E-state index is 0.106. The third-order valence-corrected chi connectivity index (χ3v) is 8.02. The van der Waals surface area contributed by atoms with Crippen molar-refractivity contribution >= 4 is 11.8 Å². The van der Waals surface area contributed by atoms with Crippen LogP contribution in [-0.4, -0.2) is 47.3 Å². The second-order valence-corrected chi connectivity index (χ2v) is 10.4. The molecule has 3 aliphatic rings. The minimum Gasteiger partial charge on any atom is -0.353 e. The molecule has 2 aliphatic heterocycles. The number of nitrogens with one attached hydrogen (secondary N) is 1. The molecule has 1 saturated heterocycles. The van der Waals surface area contributed by atoms with Crippen LogP contribution in [0.4, 0.5) is 0 Å². The molecule has 1 saturated carbocycles. The summed E-state index contributed by atoms with van der Waals surface area (Å²) >= 11 is 0. The fourth-order valence-electron chi connectivity index (χ4n) is 5.88. The first kappa shape index (κ1) is 23.6. The van der Waals surface area contributed by atoms with E-state index in [-0.39, 0.29) is 23.8 Å². The number of benzene rings is 2. The van der Waals surface area contributed by atoms with Crippen LogP contribution in [0.5, 0.6) is 0 Å². The lowest BCUT2D eigenvalue weighted by molar-refractivity contribution is -0.127. The fraction of sp³-hybridized carbons (Fsp3) is 0.483. The van der Waals surface area contributed by atoms with E-state index in [9.17, 15) is 9.59 Å².